The van der Waals surface area contributed by atoms with Crippen molar-refractivity contribution in [3.63, 3.8) is 0 Å². The van der Waals surface area contributed by atoms with E-state index in [-0.39, 0.29) is 5.82 Å². The molecular formula is C47H44Cl6FN5. The lowest BCUT2D eigenvalue weighted by Crippen LogP contribution is -1.90. The molecule has 0 unspecified atom stereocenters. The average Bonchev–Trinajstić information content (AvgIpc) is 3.23. The van der Waals surface area contributed by atoms with Gasteiger partial charge in [-0.2, -0.15) is 0 Å². The first-order chi connectivity index (χ1) is 28.4. The second kappa shape index (κ2) is 24.2. The van der Waals surface area contributed by atoms with Crippen molar-refractivity contribution in [2.45, 2.75) is 64.0 Å². The van der Waals surface area contributed by atoms with Crippen LogP contribution in [-0.4, -0.2) is 24.9 Å². The Labute approximate surface area is 375 Å². The third-order valence-corrected chi connectivity index (χ3v) is 10.3. The number of aryl methyl sites for hydroxylation is 5. The fourth-order valence-electron chi connectivity index (χ4n) is 6.01. The molecule has 0 amide bonds. The van der Waals surface area contributed by atoms with Gasteiger partial charge < -0.3 is 0 Å². The second-order valence-corrected chi connectivity index (χ2v) is 15.2. The first-order valence-electron chi connectivity index (χ1n) is 18.5. The predicted molar refractivity (Wildman–Crippen MR) is 250 cm³/mol. The summed E-state index contributed by atoms with van der Waals surface area (Å²) in [6.45, 7) is 9.77. The molecule has 0 saturated heterocycles. The molecule has 5 nitrogen and oxygen atoms in total. The van der Waals surface area contributed by atoms with Crippen molar-refractivity contribution in [2.75, 3.05) is 0 Å². The summed E-state index contributed by atoms with van der Waals surface area (Å²) in [5, 5.41) is 3.70. The summed E-state index contributed by atoms with van der Waals surface area (Å²) in [7, 11) is 0. The summed E-state index contributed by atoms with van der Waals surface area (Å²) in [5.74, 6) is 2.30. The maximum Gasteiger partial charge on any atom is 0.123 e. The molecule has 59 heavy (non-hydrogen) atoms. The zero-order valence-electron chi connectivity index (χ0n) is 33.4. The summed E-state index contributed by atoms with van der Waals surface area (Å²) < 4.78 is 13.0. The van der Waals surface area contributed by atoms with Gasteiger partial charge in [0, 0.05) is 91.4 Å². The standard InChI is InChI=1S/C11H9Cl2N.C11H9ClFN.C10H8ClN.C8H10ClN.C7H8ClN/c2*1-7-4-8(6-12)10-5-9(13)2-3-11(10)14-7;11-7-8-5-6-12-10-4-2-1-3-9(8)10;1-6-3-8(5-9)4-7(2)10-6;1-6-4-7(5-8)2-3-9-6/h2*2-5H,6H2,1H3;1-6H,7H2;3-4H,5H2,1-2H3;2-4H,5H2,1H3. The number of pyridine rings is 5. The molecule has 0 aliphatic heterocycles. The topological polar surface area (TPSA) is 64.5 Å². The smallest absolute Gasteiger partial charge is 0.123 e. The number of fused-ring (bicyclic) bond motifs is 3. The highest BCUT2D eigenvalue weighted by molar-refractivity contribution is 6.31. The van der Waals surface area contributed by atoms with Crippen molar-refractivity contribution in [1.82, 2.24) is 24.9 Å². The van der Waals surface area contributed by atoms with E-state index in [0.29, 0.717) is 29.4 Å². The van der Waals surface area contributed by atoms with Crippen LogP contribution in [0.15, 0.2) is 116 Å². The van der Waals surface area contributed by atoms with E-state index in [1.165, 1.54) is 12.1 Å². The van der Waals surface area contributed by atoms with Crippen LogP contribution in [0.3, 0.4) is 0 Å². The van der Waals surface area contributed by atoms with Gasteiger partial charge in [-0.25, -0.2) is 4.39 Å². The molecule has 0 fully saturated rings. The Kier molecular flexibility index (Phi) is 19.5. The van der Waals surface area contributed by atoms with Crippen LogP contribution >= 0.6 is 69.6 Å². The molecule has 0 spiro atoms. The van der Waals surface area contributed by atoms with Gasteiger partial charge in [-0.3, -0.25) is 24.9 Å². The number of nitrogens with zero attached hydrogens (tertiary/aromatic N) is 5. The molecule has 8 rings (SSSR count). The number of hydrogen-bond acceptors (Lipinski definition) is 5. The third kappa shape index (κ3) is 14.8. The minimum Gasteiger partial charge on any atom is -0.262 e. The first-order valence-corrected chi connectivity index (χ1v) is 21.5. The number of hydrogen-bond donors (Lipinski definition) is 0. The van der Waals surface area contributed by atoms with Gasteiger partial charge in [0.05, 0.1) is 16.6 Å². The molecule has 12 heteroatoms. The van der Waals surface area contributed by atoms with Gasteiger partial charge in [0.2, 0.25) is 0 Å². The summed E-state index contributed by atoms with van der Waals surface area (Å²) in [5.41, 5.74) is 13.2. The molecule has 0 radical (unpaired) electrons. The van der Waals surface area contributed by atoms with Crippen molar-refractivity contribution in [1.29, 1.82) is 0 Å². The Hall–Kier alpha value is -4.14. The Morgan fingerprint density at radius 3 is 1.51 bits per heavy atom. The highest BCUT2D eigenvalue weighted by Gasteiger charge is 2.05. The largest absolute Gasteiger partial charge is 0.262 e. The normalized spacial score (nSPS) is 10.4. The minimum atomic E-state index is -0.255. The third-order valence-electron chi connectivity index (χ3n) is 8.55. The zero-order chi connectivity index (χ0) is 42.9. The fraction of sp³-hybridized carbons (Fsp3) is 0.213. The summed E-state index contributed by atoms with van der Waals surface area (Å²) >= 11 is 34.5. The number of alkyl halides is 5. The van der Waals surface area contributed by atoms with Crippen LogP contribution in [-0.2, 0) is 29.4 Å². The number of halogens is 7. The van der Waals surface area contributed by atoms with Crippen LogP contribution in [0.5, 0.6) is 0 Å². The molecule has 8 aromatic rings. The SMILES string of the molecule is Cc1cc(CCl)c2cc(Cl)ccc2n1.Cc1cc(CCl)c2cc(F)ccc2n1.Cc1cc(CCl)cc(C)n1.Cc1cc(CCl)ccn1.ClCc1ccnc2ccccc12. The second-order valence-electron chi connectivity index (χ2n) is 13.4. The van der Waals surface area contributed by atoms with E-state index in [4.69, 9.17) is 69.6 Å². The Morgan fingerprint density at radius 1 is 0.424 bits per heavy atom. The molecule has 306 valence electrons. The lowest BCUT2D eigenvalue weighted by Gasteiger charge is -2.04. The Balaban J connectivity index is 0.000000165. The molecule has 0 saturated carbocycles. The van der Waals surface area contributed by atoms with Crippen molar-refractivity contribution in [3.05, 3.63) is 183 Å². The van der Waals surface area contributed by atoms with Gasteiger partial charge in [0.15, 0.2) is 0 Å². The predicted octanol–water partition coefficient (Wildman–Crippen LogP) is 14.9. The van der Waals surface area contributed by atoms with Crippen molar-refractivity contribution >= 4 is 102 Å². The van der Waals surface area contributed by atoms with E-state index in [1.807, 2.05) is 120 Å². The Bertz CT molecular complexity index is 2490. The molecule has 0 aliphatic carbocycles. The van der Waals surface area contributed by atoms with Crippen molar-refractivity contribution < 1.29 is 4.39 Å². The van der Waals surface area contributed by atoms with Crippen LogP contribution in [0.25, 0.3) is 32.7 Å². The van der Waals surface area contributed by atoms with Gasteiger partial charge in [-0.15, -0.1) is 58.0 Å². The minimum absolute atomic E-state index is 0.255. The lowest BCUT2D eigenvalue weighted by molar-refractivity contribution is 0.629. The molecule has 5 heterocycles. The average molecular weight is 911 g/mol. The monoisotopic (exact) mass is 907 g/mol. The fourth-order valence-corrected chi connectivity index (χ4v) is 7.18. The van der Waals surface area contributed by atoms with Gasteiger partial charge in [0.25, 0.3) is 0 Å². The maximum atomic E-state index is 13.0. The summed E-state index contributed by atoms with van der Waals surface area (Å²) in [4.78, 5) is 21.2. The van der Waals surface area contributed by atoms with Crippen LogP contribution < -0.4 is 0 Å². The van der Waals surface area contributed by atoms with Crippen LogP contribution in [0.1, 0.15) is 56.3 Å². The maximum absolute atomic E-state index is 13.0. The number of benzene rings is 3. The summed E-state index contributed by atoms with van der Waals surface area (Å²) in [6.07, 6.45) is 3.56. The zero-order valence-corrected chi connectivity index (χ0v) is 37.9. The molecule has 0 N–H and O–H groups in total. The highest BCUT2D eigenvalue weighted by atomic mass is 35.5. The van der Waals surface area contributed by atoms with Crippen LogP contribution in [0.2, 0.25) is 5.02 Å². The van der Waals surface area contributed by atoms with Crippen molar-refractivity contribution in [2.24, 2.45) is 0 Å². The highest BCUT2D eigenvalue weighted by Crippen LogP contribution is 2.24. The van der Waals surface area contributed by atoms with E-state index in [9.17, 15) is 4.39 Å². The van der Waals surface area contributed by atoms with Crippen LogP contribution in [0.4, 0.5) is 4.39 Å². The first kappa shape index (κ1) is 47.5. The van der Waals surface area contributed by atoms with Gasteiger partial charge in [-0.05, 0) is 147 Å². The van der Waals surface area contributed by atoms with E-state index < -0.39 is 0 Å². The number of aromatic nitrogens is 5. The molecule has 0 bridgehead atoms. The summed E-state index contributed by atoms with van der Waals surface area (Å²) in [6, 6.07) is 32.0. The van der Waals surface area contributed by atoms with E-state index >= 15 is 0 Å². The molecule has 3 aromatic carbocycles. The molecule has 5 aromatic heterocycles. The van der Waals surface area contributed by atoms with Gasteiger partial charge in [-0.1, -0.05) is 29.8 Å². The van der Waals surface area contributed by atoms with Crippen LogP contribution in [0, 0.1) is 40.4 Å². The van der Waals surface area contributed by atoms with E-state index in [2.05, 4.69) is 24.9 Å². The molecular weight excluding hydrogens is 866 g/mol. The van der Waals surface area contributed by atoms with Crippen molar-refractivity contribution in [3.8, 4) is 0 Å². The quantitative estimate of drug-likeness (QED) is 0.161. The lowest BCUT2D eigenvalue weighted by atomic mass is 10.1. The van der Waals surface area contributed by atoms with Gasteiger partial charge >= 0.3 is 0 Å². The molecule has 0 aliphatic rings. The van der Waals surface area contributed by atoms with Gasteiger partial charge in [0.1, 0.15) is 5.82 Å². The number of rotatable bonds is 5. The molecule has 0 atom stereocenters. The van der Waals surface area contributed by atoms with E-state index in [1.54, 1.807) is 18.5 Å². The number of para-hydroxylation sites is 1. The Morgan fingerprint density at radius 2 is 0.949 bits per heavy atom. The van der Waals surface area contributed by atoms with E-state index in [0.717, 1.165) is 94.0 Å².